The van der Waals surface area contributed by atoms with Gasteiger partial charge in [-0.2, -0.15) is 4.98 Å². The maximum atomic E-state index is 5.29. The van der Waals surface area contributed by atoms with Crippen molar-refractivity contribution in [3.63, 3.8) is 0 Å². The van der Waals surface area contributed by atoms with Gasteiger partial charge < -0.3 is 9.26 Å². The Hall–Kier alpha value is -2.34. The molecule has 6 nitrogen and oxygen atoms in total. The van der Waals surface area contributed by atoms with E-state index in [1.807, 2.05) is 32.0 Å². The maximum Gasteiger partial charge on any atom is 0.258 e. The third-order valence-electron chi connectivity index (χ3n) is 3.32. The van der Waals surface area contributed by atoms with E-state index in [0.717, 1.165) is 28.0 Å². The zero-order valence-corrected chi connectivity index (χ0v) is 12.3. The zero-order valence-electron chi connectivity index (χ0n) is 12.3. The van der Waals surface area contributed by atoms with Gasteiger partial charge in [0.1, 0.15) is 0 Å². The summed E-state index contributed by atoms with van der Waals surface area (Å²) < 4.78 is 10.3. The molecule has 2 aromatic heterocycles. The second-order valence-corrected chi connectivity index (χ2v) is 4.86. The molecule has 0 aliphatic heterocycles. The summed E-state index contributed by atoms with van der Waals surface area (Å²) in [5, 5.41) is 3.94. The van der Waals surface area contributed by atoms with E-state index >= 15 is 0 Å². The van der Waals surface area contributed by atoms with E-state index in [9.17, 15) is 0 Å². The van der Waals surface area contributed by atoms with Crippen LogP contribution in [0.5, 0.6) is 0 Å². The number of ether oxygens (including phenoxy) is 1. The largest absolute Gasteiger partial charge is 0.384 e. The highest BCUT2D eigenvalue weighted by molar-refractivity contribution is 5.79. The van der Waals surface area contributed by atoms with Crippen LogP contribution in [0.25, 0.3) is 22.5 Å². The number of rotatable bonds is 4. The Kier molecular flexibility index (Phi) is 3.62. The molecule has 3 rings (SSSR count). The fraction of sp³-hybridized carbons (Fsp3) is 0.333. The Bertz CT molecular complexity index is 782. The Morgan fingerprint density at radius 2 is 1.81 bits per heavy atom. The van der Waals surface area contributed by atoms with Crippen molar-refractivity contribution in [2.75, 3.05) is 13.7 Å². The third kappa shape index (κ3) is 2.75. The molecule has 0 unspecified atom stereocenters. The van der Waals surface area contributed by atoms with Gasteiger partial charge in [-0.1, -0.05) is 5.16 Å². The molecule has 0 saturated heterocycles. The number of fused-ring (bicyclic) bond motifs is 1. The number of hydrogen-bond acceptors (Lipinski definition) is 6. The summed E-state index contributed by atoms with van der Waals surface area (Å²) in [5.74, 6) is 1.13. The molecular weight excluding hydrogens is 268 g/mol. The topological polar surface area (TPSA) is 73.9 Å². The Balaban J connectivity index is 1.96. The summed E-state index contributed by atoms with van der Waals surface area (Å²) in [5.41, 5.74) is 4.39. The highest BCUT2D eigenvalue weighted by Gasteiger charge is 2.10. The minimum atomic E-state index is 0.489. The van der Waals surface area contributed by atoms with Crippen molar-refractivity contribution in [3.8, 4) is 11.5 Å². The van der Waals surface area contributed by atoms with Crippen molar-refractivity contribution in [2.24, 2.45) is 0 Å². The number of benzene rings is 1. The standard InChI is InChI=1S/C15H16N4O2/c1-9-10(2)17-13-8-11(4-5-12(13)16-9)15-18-14(19-21-15)6-7-20-3/h4-5,8H,6-7H2,1-3H3. The highest BCUT2D eigenvalue weighted by atomic mass is 16.5. The van der Waals surface area contributed by atoms with Gasteiger partial charge in [-0.05, 0) is 32.0 Å². The molecular formula is C15H16N4O2. The Labute approximate surface area is 122 Å². The molecule has 0 N–H and O–H groups in total. The van der Waals surface area contributed by atoms with Crippen LogP contribution >= 0.6 is 0 Å². The van der Waals surface area contributed by atoms with E-state index in [2.05, 4.69) is 20.1 Å². The molecule has 0 amide bonds. The second kappa shape index (κ2) is 5.57. The normalized spacial score (nSPS) is 11.2. The minimum absolute atomic E-state index is 0.489. The molecule has 0 fully saturated rings. The van der Waals surface area contributed by atoms with Crippen molar-refractivity contribution in [2.45, 2.75) is 20.3 Å². The van der Waals surface area contributed by atoms with Crippen LogP contribution < -0.4 is 0 Å². The first-order valence-corrected chi connectivity index (χ1v) is 6.74. The van der Waals surface area contributed by atoms with E-state index in [4.69, 9.17) is 9.26 Å². The van der Waals surface area contributed by atoms with E-state index in [0.29, 0.717) is 24.7 Å². The number of aromatic nitrogens is 4. The fourth-order valence-corrected chi connectivity index (χ4v) is 2.03. The summed E-state index contributed by atoms with van der Waals surface area (Å²) in [4.78, 5) is 13.4. The van der Waals surface area contributed by atoms with Crippen molar-refractivity contribution < 1.29 is 9.26 Å². The predicted octanol–water partition coefficient (Wildman–Crippen LogP) is 2.49. The van der Waals surface area contributed by atoms with Crippen molar-refractivity contribution in [1.29, 1.82) is 0 Å². The first-order valence-electron chi connectivity index (χ1n) is 6.74. The van der Waals surface area contributed by atoms with E-state index in [-0.39, 0.29) is 0 Å². The lowest BCUT2D eigenvalue weighted by atomic mass is 10.2. The number of methoxy groups -OCH3 is 1. The number of aryl methyl sites for hydroxylation is 2. The van der Waals surface area contributed by atoms with Crippen LogP contribution in [-0.2, 0) is 11.2 Å². The lowest BCUT2D eigenvalue weighted by Gasteiger charge is -2.03. The predicted molar refractivity (Wildman–Crippen MR) is 77.9 cm³/mol. The molecule has 0 aliphatic carbocycles. The van der Waals surface area contributed by atoms with Gasteiger partial charge in [-0.3, -0.25) is 0 Å². The quantitative estimate of drug-likeness (QED) is 0.732. The van der Waals surface area contributed by atoms with Gasteiger partial charge in [0, 0.05) is 19.1 Å². The average molecular weight is 284 g/mol. The van der Waals surface area contributed by atoms with Gasteiger partial charge in [0.05, 0.1) is 29.0 Å². The van der Waals surface area contributed by atoms with Crippen LogP contribution in [-0.4, -0.2) is 33.8 Å². The van der Waals surface area contributed by atoms with Crippen molar-refractivity contribution in [1.82, 2.24) is 20.1 Å². The fourth-order valence-electron chi connectivity index (χ4n) is 2.03. The lowest BCUT2D eigenvalue weighted by Crippen LogP contribution is -1.96. The van der Waals surface area contributed by atoms with Crippen LogP contribution in [0, 0.1) is 13.8 Å². The smallest absolute Gasteiger partial charge is 0.258 e. The molecule has 0 bridgehead atoms. The summed E-state index contributed by atoms with van der Waals surface area (Å²) in [6.45, 7) is 4.47. The summed E-state index contributed by atoms with van der Waals surface area (Å²) in [6.07, 6.45) is 0.631. The van der Waals surface area contributed by atoms with Crippen LogP contribution in [0.3, 0.4) is 0 Å². The molecule has 0 spiro atoms. The van der Waals surface area contributed by atoms with Crippen LogP contribution in [0.4, 0.5) is 0 Å². The molecule has 0 aliphatic rings. The highest BCUT2D eigenvalue weighted by Crippen LogP contribution is 2.22. The SMILES string of the molecule is COCCc1noc(-c2ccc3nc(C)c(C)nc3c2)n1. The van der Waals surface area contributed by atoms with Crippen molar-refractivity contribution in [3.05, 3.63) is 35.4 Å². The van der Waals surface area contributed by atoms with Gasteiger partial charge in [0.25, 0.3) is 5.89 Å². The molecule has 2 heterocycles. The lowest BCUT2D eigenvalue weighted by molar-refractivity contribution is 0.199. The van der Waals surface area contributed by atoms with E-state index in [1.54, 1.807) is 7.11 Å². The van der Waals surface area contributed by atoms with Crippen LogP contribution in [0.15, 0.2) is 22.7 Å². The summed E-state index contributed by atoms with van der Waals surface area (Å²) >= 11 is 0. The molecule has 0 atom stereocenters. The first kappa shape index (κ1) is 13.6. The summed E-state index contributed by atoms with van der Waals surface area (Å²) in [6, 6.07) is 5.75. The molecule has 1 aromatic carbocycles. The van der Waals surface area contributed by atoms with Gasteiger partial charge in [0.15, 0.2) is 5.82 Å². The molecule has 6 heteroatoms. The monoisotopic (exact) mass is 284 g/mol. The first-order chi connectivity index (χ1) is 10.2. The van der Waals surface area contributed by atoms with Gasteiger partial charge in [-0.25, -0.2) is 9.97 Å². The zero-order chi connectivity index (χ0) is 14.8. The summed E-state index contributed by atoms with van der Waals surface area (Å²) in [7, 11) is 1.65. The van der Waals surface area contributed by atoms with Gasteiger partial charge in [-0.15, -0.1) is 0 Å². The van der Waals surface area contributed by atoms with Gasteiger partial charge in [0.2, 0.25) is 0 Å². The Morgan fingerprint density at radius 3 is 2.57 bits per heavy atom. The van der Waals surface area contributed by atoms with E-state index in [1.165, 1.54) is 0 Å². The van der Waals surface area contributed by atoms with Crippen molar-refractivity contribution >= 4 is 11.0 Å². The molecule has 21 heavy (non-hydrogen) atoms. The maximum absolute atomic E-state index is 5.29. The number of nitrogens with zero attached hydrogens (tertiary/aromatic N) is 4. The molecule has 108 valence electrons. The van der Waals surface area contributed by atoms with Gasteiger partial charge >= 0.3 is 0 Å². The molecule has 0 radical (unpaired) electrons. The van der Waals surface area contributed by atoms with Crippen LogP contribution in [0.2, 0.25) is 0 Å². The average Bonchev–Trinajstić information content (AvgIpc) is 2.95. The Morgan fingerprint density at radius 1 is 1.05 bits per heavy atom. The second-order valence-electron chi connectivity index (χ2n) is 4.86. The third-order valence-corrected chi connectivity index (χ3v) is 3.32. The van der Waals surface area contributed by atoms with Crippen LogP contribution in [0.1, 0.15) is 17.2 Å². The van der Waals surface area contributed by atoms with E-state index < -0.39 is 0 Å². The molecule has 0 saturated carbocycles. The minimum Gasteiger partial charge on any atom is -0.384 e. The number of hydrogen-bond donors (Lipinski definition) is 0. The molecule has 3 aromatic rings.